The van der Waals surface area contributed by atoms with Crippen LogP contribution in [0, 0.1) is 5.92 Å². The number of ether oxygens (including phenoxy) is 1. The lowest BCUT2D eigenvalue weighted by Crippen LogP contribution is -2.36. The van der Waals surface area contributed by atoms with Gasteiger partial charge in [-0.2, -0.15) is 0 Å². The van der Waals surface area contributed by atoms with Crippen LogP contribution in [0.3, 0.4) is 0 Å². The van der Waals surface area contributed by atoms with Gasteiger partial charge in [-0.1, -0.05) is 6.92 Å². The van der Waals surface area contributed by atoms with Crippen LogP contribution in [0.4, 0.5) is 11.5 Å². The molecule has 6 heteroatoms. The van der Waals surface area contributed by atoms with E-state index in [4.69, 9.17) is 9.84 Å². The van der Waals surface area contributed by atoms with Gasteiger partial charge in [0.2, 0.25) is 0 Å². The Bertz CT molecular complexity index is 443. The van der Waals surface area contributed by atoms with Gasteiger partial charge >= 0.3 is 5.97 Å². The number of morpholine rings is 1. The molecular weight excluding hydrogens is 258 g/mol. The van der Waals surface area contributed by atoms with Crippen LogP contribution in [0.5, 0.6) is 0 Å². The van der Waals surface area contributed by atoms with Gasteiger partial charge in [-0.3, -0.25) is 4.79 Å². The highest BCUT2D eigenvalue weighted by molar-refractivity contribution is 5.70. The maximum atomic E-state index is 10.9. The number of anilines is 2. The van der Waals surface area contributed by atoms with E-state index in [0.717, 1.165) is 37.8 Å². The number of carboxylic acids is 1. The lowest BCUT2D eigenvalue weighted by Gasteiger charge is -2.28. The molecule has 0 bridgehead atoms. The maximum absolute atomic E-state index is 10.9. The van der Waals surface area contributed by atoms with E-state index in [1.807, 2.05) is 24.1 Å². The van der Waals surface area contributed by atoms with E-state index < -0.39 is 11.9 Å². The Morgan fingerprint density at radius 3 is 2.75 bits per heavy atom. The zero-order chi connectivity index (χ0) is 14.5. The molecule has 20 heavy (non-hydrogen) atoms. The first-order chi connectivity index (χ1) is 9.58. The highest BCUT2D eigenvalue weighted by Crippen LogP contribution is 2.18. The molecule has 2 heterocycles. The summed E-state index contributed by atoms with van der Waals surface area (Å²) in [5.41, 5.74) is 0.926. The summed E-state index contributed by atoms with van der Waals surface area (Å²) in [6.45, 7) is 5.36. The number of hydrogen-bond acceptors (Lipinski definition) is 5. The van der Waals surface area contributed by atoms with Crippen LogP contribution in [0.25, 0.3) is 0 Å². The van der Waals surface area contributed by atoms with Gasteiger partial charge in [0.25, 0.3) is 0 Å². The molecule has 0 amide bonds. The molecule has 0 aliphatic carbocycles. The van der Waals surface area contributed by atoms with Crippen molar-refractivity contribution in [2.75, 3.05) is 49.7 Å². The summed E-state index contributed by atoms with van der Waals surface area (Å²) in [4.78, 5) is 19.4. The Hall–Kier alpha value is -1.82. The summed E-state index contributed by atoms with van der Waals surface area (Å²) in [6, 6.07) is 3.95. The van der Waals surface area contributed by atoms with Crippen LogP contribution in [0.2, 0.25) is 0 Å². The summed E-state index contributed by atoms with van der Waals surface area (Å²) in [5, 5.41) is 8.93. The zero-order valence-electron chi connectivity index (χ0n) is 12.0. The predicted molar refractivity (Wildman–Crippen MR) is 77.3 cm³/mol. The summed E-state index contributed by atoms with van der Waals surface area (Å²) in [5.74, 6) is -0.245. The van der Waals surface area contributed by atoms with E-state index >= 15 is 0 Å². The van der Waals surface area contributed by atoms with Crippen LogP contribution >= 0.6 is 0 Å². The van der Waals surface area contributed by atoms with Gasteiger partial charge in [-0.05, 0) is 12.1 Å². The van der Waals surface area contributed by atoms with Crippen molar-refractivity contribution in [1.29, 1.82) is 0 Å². The van der Waals surface area contributed by atoms with E-state index in [1.54, 1.807) is 13.1 Å². The van der Waals surface area contributed by atoms with E-state index in [9.17, 15) is 4.79 Å². The molecule has 1 atom stereocenters. The Labute approximate surface area is 119 Å². The van der Waals surface area contributed by atoms with Crippen molar-refractivity contribution in [1.82, 2.24) is 4.98 Å². The molecular formula is C14H21N3O3. The Kier molecular flexibility index (Phi) is 4.79. The van der Waals surface area contributed by atoms with Crippen molar-refractivity contribution in [2.45, 2.75) is 6.92 Å². The Morgan fingerprint density at radius 2 is 2.20 bits per heavy atom. The van der Waals surface area contributed by atoms with Crippen LogP contribution < -0.4 is 9.80 Å². The quantitative estimate of drug-likeness (QED) is 0.870. The fourth-order valence-corrected chi connectivity index (χ4v) is 2.18. The van der Waals surface area contributed by atoms with E-state index in [-0.39, 0.29) is 0 Å². The van der Waals surface area contributed by atoms with Crippen molar-refractivity contribution in [2.24, 2.45) is 5.92 Å². The van der Waals surface area contributed by atoms with Crippen molar-refractivity contribution in [3.63, 3.8) is 0 Å². The standard InChI is InChI=1S/C14H21N3O3/c1-11(14(18)19)10-16(2)12-3-4-13(15-9-12)17-5-7-20-8-6-17/h3-4,9,11H,5-8,10H2,1-2H3,(H,18,19). The fourth-order valence-electron chi connectivity index (χ4n) is 2.18. The van der Waals surface area contributed by atoms with Crippen molar-refractivity contribution < 1.29 is 14.6 Å². The SMILES string of the molecule is CC(CN(C)c1ccc(N2CCOCC2)nc1)C(=O)O. The third-order valence-electron chi connectivity index (χ3n) is 3.48. The first-order valence-corrected chi connectivity index (χ1v) is 6.80. The van der Waals surface area contributed by atoms with Gasteiger partial charge < -0.3 is 19.6 Å². The topological polar surface area (TPSA) is 65.9 Å². The number of carbonyl (C=O) groups is 1. The third kappa shape index (κ3) is 3.60. The number of aliphatic carboxylic acids is 1. The molecule has 0 radical (unpaired) electrons. The molecule has 0 spiro atoms. The molecule has 1 saturated heterocycles. The molecule has 0 aromatic carbocycles. The van der Waals surface area contributed by atoms with Crippen LogP contribution in [0.15, 0.2) is 18.3 Å². The summed E-state index contributed by atoms with van der Waals surface area (Å²) in [7, 11) is 1.88. The predicted octanol–water partition coefficient (Wildman–Crippen LogP) is 1.08. The van der Waals surface area contributed by atoms with E-state index in [0.29, 0.717) is 6.54 Å². The molecule has 110 valence electrons. The normalized spacial score (nSPS) is 16.8. The maximum Gasteiger partial charge on any atom is 0.308 e. The van der Waals surface area contributed by atoms with Gasteiger partial charge in [0.1, 0.15) is 5.82 Å². The van der Waals surface area contributed by atoms with Gasteiger partial charge in [-0.25, -0.2) is 4.98 Å². The second kappa shape index (κ2) is 6.56. The third-order valence-corrected chi connectivity index (χ3v) is 3.48. The minimum atomic E-state index is -0.783. The molecule has 1 aromatic heterocycles. The molecule has 2 rings (SSSR count). The molecule has 1 N–H and O–H groups in total. The van der Waals surface area contributed by atoms with Crippen molar-refractivity contribution in [3.8, 4) is 0 Å². The monoisotopic (exact) mass is 279 g/mol. The van der Waals surface area contributed by atoms with Gasteiger partial charge in [0.05, 0.1) is 31.0 Å². The second-order valence-electron chi connectivity index (χ2n) is 5.09. The summed E-state index contributed by atoms with van der Waals surface area (Å²) >= 11 is 0. The lowest BCUT2D eigenvalue weighted by molar-refractivity contribution is -0.140. The number of carboxylic acid groups (broad SMARTS) is 1. The first kappa shape index (κ1) is 14.6. The zero-order valence-corrected chi connectivity index (χ0v) is 12.0. The number of hydrogen-bond donors (Lipinski definition) is 1. The van der Waals surface area contributed by atoms with Crippen LogP contribution in [-0.4, -0.2) is 56.0 Å². The Balaban J connectivity index is 1.98. The first-order valence-electron chi connectivity index (χ1n) is 6.80. The van der Waals surface area contributed by atoms with Gasteiger partial charge in [-0.15, -0.1) is 0 Å². The Morgan fingerprint density at radius 1 is 1.50 bits per heavy atom. The highest BCUT2D eigenvalue weighted by Gasteiger charge is 2.15. The number of aromatic nitrogens is 1. The number of rotatable bonds is 5. The van der Waals surface area contributed by atoms with Crippen molar-refractivity contribution >= 4 is 17.5 Å². The molecule has 6 nitrogen and oxygen atoms in total. The summed E-state index contributed by atoms with van der Waals surface area (Å²) in [6.07, 6.45) is 1.79. The summed E-state index contributed by atoms with van der Waals surface area (Å²) < 4.78 is 5.32. The molecule has 0 saturated carbocycles. The highest BCUT2D eigenvalue weighted by atomic mass is 16.5. The van der Waals surface area contributed by atoms with Crippen molar-refractivity contribution in [3.05, 3.63) is 18.3 Å². The van der Waals surface area contributed by atoms with E-state index in [1.165, 1.54) is 0 Å². The average Bonchev–Trinajstić information content (AvgIpc) is 2.48. The average molecular weight is 279 g/mol. The van der Waals surface area contributed by atoms with E-state index in [2.05, 4.69) is 9.88 Å². The molecule has 1 fully saturated rings. The van der Waals surface area contributed by atoms with Gasteiger partial charge in [0.15, 0.2) is 0 Å². The largest absolute Gasteiger partial charge is 0.481 e. The molecule has 1 aliphatic rings. The van der Waals surface area contributed by atoms with Gasteiger partial charge in [0, 0.05) is 26.7 Å². The van der Waals surface area contributed by atoms with Crippen LogP contribution in [-0.2, 0) is 9.53 Å². The van der Waals surface area contributed by atoms with Crippen LogP contribution in [0.1, 0.15) is 6.92 Å². The number of nitrogens with zero attached hydrogens (tertiary/aromatic N) is 3. The minimum absolute atomic E-state index is 0.404. The molecule has 1 aromatic rings. The smallest absolute Gasteiger partial charge is 0.308 e. The lowest BCUT2D eigenvalue weighted by atomic mass is 10.1. The molecule has 1 unspecified atom stereocenters. The minimum Gasteiger partial charge on any atom is -0.481 e. The number of pyridine rings is 1. The molecule has 1 aliphatic heterocycles. The second-order valence-corrected chi connectivity index (χ2v) is 5.09. The fraction of sp³-hybridized carbons (Fsp3) is 0.571.